The van der Waals surface area contributed by atoms with Crippen LogP contribution in [0, 0.1) is 0 Å². The topological polar surface area (TPSA) is 92.9 Å². The van der Waals surface area contributed by atoms with Crippen molar-refractivity contribution in [1.29, 1.82) is 0 Å². The summed E-state index contributed by atoms with van der Waals surface area (Å²) in [5.41, 5.74) is 2.40. The molecule has 0 N–H and O–H groups in total. The Hall–Kier alpha value is -2.71. The van der Waals surface area contributed by atoms with Gasteiger partial charge in [-0.3, -0.25) is 9.59 Å². The van der Waals surface area contributed by atoms with Crippen LogP contribution in [0.25, 0.3) is 5.78 Å². The van der Waals surface area contributed by atoms with Gasteiger partial charge in [-0.15, -0.1) is 0 Å². The predicted octanol–water partition coefficient (Wildman–Crippen LogP) is 0.995. The number of hydrogen-bond donors (Lipinski definition) is 0. The van der Waals surface area contributed by atoms with Crippen molar-refractivity contribution in [3.05, 3.63) is 17.6 Å². The number of aryl methyl sites for hydroxylation is 1. The molecule has 2 aliphatic rings. The smallest absolute Gasteiger partial charge is 0.305 e. The molecule has 3 heterocycles. The molecule has 1 aliphatic heterocycles. The van der Waals surface area contributed by atoms with E-state index < -0.39 is 0 Å². The van der Waals surface area contributed by atoms with E-state index in [1.165, 1.54) is 5.56 Å². The number of hydrogen-bond acceptors (Lipinski definition) is 7. The molecule has 2 aromatic rings. The van der Waals surface area contributed by atoms with Gasteiger partial charge in [0, 0.05) is 44.6 Å². The van der Waals surface area contributed by atoms with Gasteiger partial charge in [0.15, 0.2) is 0 Å². The Morgan fingerprint density at radius 1 is 1.14 bits per heavy atom. The maximum absolute atomic E-state index is 12.5. The number of esters is 1. The Morgan fingerprint density at radius 3 is 2.75 bits per heavy atom. The summed E-state index contributed by atoms with van der Waals surface area (Å²) in [6, 6.07) is 0. The van der Waals surface area contributed by atoms with Gasteiger partial charge in [-0.1, -0.05) is 0 Å². The van der Waals surface area contributed by atoms with Crippen LogP contribution < -0.4 is 4.90 Å². The molecule has 1 aliphatic carbocycles. The van der Waals surface area contributed by atoms with E-state index in [1.54, 1.807) is 13.3 Å². The zero-order chi connectivity index (χ0) is 19.5. The first-order valence-electron chi connectivity index (χ1n) is 10.1. The first-order valence-corrected chi connectivity index (χ1v) is 10.1. The standard InChI is InChI=1S/C19H26N6O3/c1-2-28-17(27)8-4-7-16(26)23-9-11-24(12-10-23)18-14-5-3-6-15(14)22-19-20-13-21-25(18)19/h13H,2-12H2,1H3. The summed E-state index contributed by atoms with van der Waals surface area (Å²) in [5.74, 6) is 1.61. The molecule has 0 bridgehead atoms. The van der Waals surface area contributed by atoms with E-state index in [4.69, 9.17) is 4.74 Å². The maximum Gasteiger partial charge on any atom is 0.305 e. The van der Waals surface area contributed by atoms with Crippen LogP contribution in [-0.4, -0.2) is 69.1 Å². The van der Waals surface area contributed by atoms with Crippen LogP contribution >= 0.6 is 0 Å². The Kier molecular flexibility index (Phi) is 5.40. The summed E-state index contributed by atoms with van der Waals surface area (Å²) in [7, 11) is 0. The molecule has 0 radical (unpaired) electrons. The zero-order valence-electron chi connectivity index (χ0n) is 16.3. The highest BCUT2D eigenvalue weighted by Gasteiger charge is 2.28. The summed E-state index contributed by atoms with van der Waals surface area (Å²) in [5, 5.41) is 4.37. The molecule has 0 aromatic carbocycles. The van der Waals surface area contributed by atoms with Crippen molar-refractivity contribution in [2.75, 3.05) is 37.7 Å². The van der Waals surface area contributed by atoms with E-state index in [9.17, 15) is 9.59 Å². The Labute approximate surface area is 163 Å². The lowest BCUT2D eigenvalue weighted by Crippen LogP contribution is -2.49. The molecule has 28 heavy (non-hydrogen) atoms. The highest BCUT2D eigenvalue weighted by atomic mass is 16.5. The molecule has 0 spiro atoms. The van der Waals surface area contributed by atoms with Crippen molar-refractivity contribution in [2.24, 2.45) is 0 Å². The largest absolute Gasteiger partial charge is 0.466 e. The van der Waals surface area contributed by atoms with Gasteiger partial charge < -0.3 is 14.5 Å². The minimum atomic E-state index is -0.233. The Balaban J connectivity index is 1.37. The molecule has 2 aromatic heterocycles. The lowest BCUT2D eigenvalue weighted by atomic mass is 10.2. The fraction of sp³-hybridized carbons (Fsp3) is 0.632. The van der Waals surface area contributed by atoms with Gasteiger partial charge in [0.2, 0.25) is 5.91 Å². The molecule has 9 heteroatoms. The molecule has 1 amide bonds. The van der Waals surface area contributed by atoms with E-state index in [-0.39, 0.29) is 11.9 Å². The second kappa shape index (κ2) is 8.12. The zero-order valence-corrected chi connectivity index (χ0v) is 16.3. The number of amides is 1. The van der Waals surface area contributed by atoms with Crippen molar-refractivity contribution in [1.82, 2.24) is 24.5 Å². The number of ether oxygens (including phenoxy) is 1. The molecular formula is C19H26N6O3. The SMILES string of the molecule is CCOC(=O)CCCC(=O)N1CCN(c2c3c(nc4ncnn24)CCC3)CC1. The molecule has 4 rings (SSSR count). The number of rotatable bonds is 6. The molecular weight excluding hydrogens is 360 g/mol. The van der Waals surface area contributed by atoms with Crippen molar-refractivity contribution in [3.63, 3.8) is 0 Å². The van der Waals surface area contributed by atoms with Crippen molar-refractivity contribution >= 4 is 23.5 Å². The fourth-order valence-corrected chi connectivity index (χ4v) is 4.07. The quantitative estimate of drug-likeness (QED) is 0.684. The number of nitrogens with zero attached hydrogens (tertiary/aromatic N) is 6. The van der Waals surface area contributed by atoms with Crippen LogP contribution in [0.15, 0.2) is 6.33 Å². The van der Waals surface area contributed by atoms with E-state index in [0.717, 1.165) is 43.9 Å². The minimum absolute atomic E-state index is 0.106. The molecule has 0 unspecified atom stereocenters. The van der Waals surface area contributed by atoms with E-state index in [0.29, 0.717) is 44.7 Å². The number of carbonyl (C=O) groups is 2. The van der Waals surface area contributed by atoms with Gasteiger partial charge >= 0.3 is 5.97 Å². The van der Waals surface area contributed by atoms with Gasteiger partial charge in [-0.2, -0.15) is 14.6 Å². The van der Waals surface area contributed by atoms with Crippen LogP contribution in [-0.2, 0) is 27.2 Å². The third kappa shape index (κ3) is 3.65. The van der Waals surface area contributed by atoms with E-state index in [1.807, 2.05) is 9.42 Å². The van der Waals surface area contributed by atoms with Gasteiger partial charge in [-0.05, 0) is 32.6 Å². The molecule has 150 valence electrons. The normalized spacial score (nSPS) is 16.5. The molecule has 9 nitrogen and oxygen atoms in total. The number of piperazine rings is 1. The lowest BCUT2D eigenvalue weighted by Gasteiger charge is -2.36. The highest BCUT2D eigenvalue weighted by Crippen LogP contribution is 2.31. The summed E-state index contributed by atoms with van der Waals surface area (Å²) in [6.45, 7) is 5.03. The second-order valence-electron chi connectivity index (χ2n) is 7.21. The van der Waals surface area contributed by atoms with Crippen molar-refractivity contribution in [3.8, 4) is 0 Å². The van der Waals surface area contributed by atoms with Crippen LogP contribution in [0.2, 0.25) is 0 Å². The summed E-state index contributed by atoms with van der Waals surface area (Å²) in [4.78, 5) is 37.0. The Morgan fingerprint density at radius 2 is 1.96 bits per heavy atom. The van der Waals surface area contributed by atoms with Crippen LogP contribution in [0.4, 0.5) is 5.82 Å². The third-order valence-corrected chi connectivity index (χ3v) is 5.43. The number of fused-ring (bicyclic) bond motifs is 2. The average Bonchev–Trinajstić information content (AvgIpc) is 3.35. The third-order valence-electron chi connectivity index (χ3n) is 5.43. The lowest BCUT2D eigenvalue weighted by molar-refractivity contribution is -0.143. The van der Waals surface area contributed by atoms with Gasteiger partial charge in [-0.25, -0.2) is 4.98 Å². The summed E-state index contributed by atoms with van der Waals surface area (Å²) in [6.07, 6.45) is 5.88. The molecule has 0 atom stereocenters. The summed E-state index contributed by atoms with van der Waals surface area (Å²) < 4.78 is 6.74. The van der Waals surface area contributed by atoms with E-state index >= 15 is 0 Å². The number of carbonyl (C=O) groups excluding carboxylic acids is 2. The van der Waals surface area contributed by atoms with Gasteiger partial charge in [0.1, 0.15) is 12.1 Å². The average molecular weight is 386 g/mol. The van der Waals surface area contributed by atoms with Crippen LogP contribution in [0.1, 0.15) is 43.9 Å². The van der Waals surface area contributed by atoms with Gasteiger partial charge in [0.25, 0.3) is 5.78 Å². The van der Waals surface area contributed by atoms with Crippen molar-refractivity contribution < 1.29 is 14.3 Å². The summed E-state index contributed by atoms with van der Waals surface area (Å²) >= 11 is 0. The molecule has 1 fully saturated rings. The van der Waals surface area contributed by atoms with Crippen molar-refractivity contribution in [2.45, 2.75) is 45.4 Å². The first kappa shape index (κ1) is 18.6. The van der Waals surface area contributed by atoms with E-state index in [2.05, 4.69) is 20.0 Å². The van der Waals surface area contributed by atoms with Gasteiger partial charge in [0.05, 0.1) is 12.3 Å². The minimum Gasteiger partial charge on any atom is -0.466 e. The molecule has 0 saturated carbocycles. The first-order chi connectivity index (χ1) is 13.7. The monoisotopic (exact) mass is 386 g/mol. The van der Waals surface area contributed by atoms with Crippen LogP contribution in [0.3, 0.4) is 0 Å². The second-order valence-corrected chi connectivity index (χ2v) is 7.21. The molecule has 1 saturated heterocycles. The predicted molar refractivity (Wildman–Crippen MR) is 102 cm³/mol. The maximum atomic E-state index is 12.5. The number of anilines is 1. The highest BCUT2D eigenvalue weighted by molar-refractivity contribution is 5.77. The van der Waals surface area contributed by atoms with Crippen LogP contribution in [0.5, 0.6) is 0 Å². The fourth-order valence-electron chi connectivity index (χ4n) is 4.07. The number of aromatic nitrogens is 4. The Bertz CT molecular complexity index is 872.